The predicted molar refractivity (Wildman–Crippen MR) is 125 cm³/mol. The van der Waals surface area contributed by atoms with E-state index in [0.717, 1.165) is 23.6 Å². The number of nitrogens with zero attached hydrogens (tertiary/aromatic N) is 2. The minimum absolute atomic E-state index is 0.0689. The van der Waals surface area contributed by atoms with Crippen molar-refractivity contribution >= 4 is 44.2 Å². The molecule has 0 spiro atoms. The fraction of sp³-hybridized carbons (Fsp3) is 0.478. The van der Waals surface area contributed by atoms with E-state index in [9.17, 15) is 23.1 Å². The third-order valence-electron chi connectivity index (χ3n) is 6.63. The summed E-state index contributed by atoms with van der Waals surface area (Å²) in [6.45, 7) is 3.22. The lowest BCUT2D eigenvalue weighted by Gasteiger charge is -2.35. The number of fused-ring (bicyclic) bond motifs is 1. The van der Waals surface area contributed by atoms with Crippen LogP contribution < -0.4 is 4.72 Å². The molecule has 0 radical (unpaired) electrons. The predicted octanol–water partition coefficient (Wildman–Crippen LogP) is 1.99. The highest BCUT2D eigenvalue weighted by Gasteiger charge is 2.40. The third-order valence-corrected chi connectivity index (χ3v) is 8.34. The van der Waals surface area contributed by atoms with Gasteiger partial charge in [-0.05, 0) is 67.1 Å². The van der Waals surface area contributed by atoms with Gasteiger partial charge in [-0.25, -0.2) is 8.42 Å². The second-order valence-electron chi connectivity index (χ2n) is 8.77. The van der Waals surface area contributed by atoms with Crippen molar-refractivity contribution < 1.29 is 23.1 Å². The zero-order valence-electron chi connectivity index (χ0n) is 18.4. The molecule has 2 aromatic rings. The minimum Gasteiger partial charge on any atom is -0.396 e. The van der Waals surface area contributed by atoms with Gasteiger partial charge in [0.25, 0.3) is 0 Å². The quantitative estimate of drug-likeness (QED) is 0.640. The number of sulfonamides is 1. The average Bonchev–Trinajstić information content (AvgIpc) is 3.17. The van der Waals surface area contributed by atoms with Gasteiger partial charge in [-0.1, -0.05) is 23.7 Å². The highest BCUT2D eigenvalue weighted by atomic mass is 35.5. The van der Waals surface area contributed by atoms with Crippen LogP contribution in [0, 0.1) is 5.92 Å². The van der Waals surface area contributed by atoms with Crippen molar-refractivity contribution in [2.24, 2.45) is 5.92 Å². The number of rotatable bonds is 6. The monoisotopic (exact) mass is 493 g/mol. The van der Waals surface area contributed by atoms with Gasteiger partial charge >= 0.3 is 0 Å². The molecule has 2 fully saturated rings. The molecule has 0 aliphatic carbocycles. The van der Waals surface area contributed by atoms with Gasteiger partial charge in [0.2, 0.25) is 21.8 Å². The van der Waals surface area contributed by atoms with E-state index >= 15 is 0 Å². The molecule has 8 nitrogen and oxygen atoms in total. The van der Waals surface area contributed by atoms with E-state index in [0.29, 0.717) is 31.1 Å². The van der Waals surface area contributed by atoms with E-state index in [1.165, 1.54) is 11.0 Å². The first-order valence-corrected chi connectivity index (χ1v) is 13.0. The van der Waals surface area contributed by atoms with E-state index in [2.05, 4.69) is 4.72 Å². The Bertz CT molecular complexity index is 1160. The van der Waals surface area contributed by atoms with Crippen molar-refractivity contribution in [1.82, 2.24) is 14.5 Å². The summed E-state index contributed by atoms with van der Waals surface area (Å²) in [5, 5.41) is 11.4. The van der Waals surface area contributed by atoms with Gasteiger partial charge in [-0.2, -0.15) is 4.72 Å². The zero-order chi connectivity index (χ0) is 23.8. The molecule has 0 saturated carbocycles. The van der Waals surface area contributed by atoms with Crippen molar-refractivity contribution in [3.63, 3.8) is 0 Å². The number of aliphatic hydroxyl groups excluding tert-OH is 1. The van der Waals surface area contributed by atoms with Crippen LogP contribution in [0.5, 0.6) is 0 Å². The second kappa shape index (κ2) is 9.58. The fourth-order valence-electron chi connectivity index (χ4n) is 4.55. The van der Waals surface area contributed by atoms with E-state index in [1.54, 1.807) is 42.2 Å². The summed E-state index contributed by atoms with van der Waals surface area (Å²) in [5.41, 5.74) is 0. The molecule has 2 aliphatic heterocycles. The zero-order valence-corrected chi connectivity index (χ0v) is 20.0. The maximum Gasteiger partial charge on any atom is 0.245 e. The molecule has 178 valence electrons. The van der Waals surface area contributed by atoms with Crippen molar-refractivity contribution in [3.8, 4) is 0 Å². The van der Waals surface area contributed by atoms with E-state index < -0.39 is 28.0 Å². The van der Waals surface area contributed by atoms with Crippen molar-refractivity contribution in [3.05, 3.63) is 41.4 Å². The van der Waals surface area contributed by atoms with Crippen LogP contribution in [0.3, 0.4) is 0 Å². The molecular formula is C23H28ClN3O5S. The molecule has 4 rings (SSSR count). The molecule has 33 heavy (non-hydrogen) atoms. The Morgan fingerprint density at radius 1 is 1.12 bits per heavy atom. The van der Waals surface area contributed by atoms with Crippen LogP contribution in [-0.4, -0.2) is 73.5 Å². The Balaban J connectivity index is 1.42. The van der Waals surface area contributed by atoms with Gasteiger partial charge < -0.3 is 14.9 Å². The van der Waals surface area contributed by atoms with Crippen molar-refractivity contribution in [1.29, 1.82) is 0 Å². The topological polar surface area (TPSA) is 107 Å². The van der Waals surface area contributed by atoms with Gasteiger partial charge in [0.1, 0.15) is 12.1 Å². The van der Waals surface area contributed by atoms with Gasteiger partial charge in [-0.3, -0.25) is 9.59 Å². The molecule has 2 amide bonds. The summed E-state index contributed by atoms with van der Waals surface area (Å²) in [5.74, 6) is -0.322. The number of carbonyl (C=O) groups excluding carboxylic acids is 2. The number of aliphatic hydroxyl groups is 1. The number of benzene rings is 2. The molecule has 0 bridgehead atoms. The van der Waals surface area contributed by atoms with E-state index in [-0.39, 0.29) is 23.3 Å². The number of hydrogen-bond donors (Lipinski definition) is 2. The number of halogens is 1. The number of likely N-dealkylation sites (tertiary alicyclic amines) is 2. The Morgan fingerprint density at radius 3 is 2.48 bits per heavy atom. The standard InChI is InChI=1S/C23H28ClN3O5S/c1-15(22(29)26-9-6-16(14-28)7-10-26)27-11-8-21(23(27)30)25-33(31,32)20-5-3-17-12-19(24)4-2-18(17)13-20/h2-5,12-13,15-16,21,25,28H,6-11,14H2,1H3/t15-,21-/m0/s1. The molecule has 0 unspecified atom stereocenters. The first kappa shape index (κ1) is 23.9. The summed E-state index contributed by atoms with van der Waals surface area (Å²) in [4.78, 5) is 29.1. The van der Waals surface area contributed by atoms with E-state index in [1.807, 2.05) is 0 Å². The highest BCUT2D eigenvalue weighted by Crippen LogP contribution is 2.25. The number of hydrogen-bond acceptors (Lipinski definition) is 5. The van der Waals surface area contributed by atoms with Crippen LogP contribution in [0.2, 0.25) is 5.02 Å². The molecule has 2 saturated heterocycles. The maximum absolute atomic E-state index is 13.0. The van der Waals surface area contributed by atoms with Crippen molar-refractivity contribution in [2.45, 2.75) is 43.2 Å². The lowest BCUT2D eigenvalue weighted by atomic mass is 9.97. The van der Waals surface area contributed by atoms with Crippen LogP contribution in [0.1, 0.15) is 26.2 Å². The summed E-state index contributed by atoms with van der Waals surface area (Å²) in [7, 11) is -3.93. The number of nitrogens with one attached hydrogen (secondary N) is 1. The smallest absolute Gasteiger partial charge is 0.245 e. The van der Waals surface area contributed by atoms with Crippen LogP contribution >= 0.6 is 11.6 Å². The number of carbonyl (C=O) groups is 2. The Labute approximate surface area is 198 Å². The number of amides is 2. The Morgan fingerprint density at radius 2 is 1.79 bits per heavy atom. The molecule has 0 aromatic heterocycles. The molecule has 10 heteroatoms. The van der Waals surface area contributed by atoms with Gasteiger partial charge in [-0.15, -0.1) is 0 Å². The molecule has 2 aromatic carbocycles. The van der Waals surface area contributed by atoms with Gasteiger partial charge in [0, 0.05) is 31.3 Å². The SMILES string of the molecule is C[C@@H](C(=O)N1CCC(CO)CC1)N1CC[C@H](NS(=O)(=O)c2ccc3cc(Cl)ccc3c2)C1=O. The highest BCUT2D eigenvalue weighted by molar-refractivity contribution is 7.89. The Kier molecular flexibility index (Phi) is 6.95. The first-order valence-electron chi connectivity index (χ1n) is 11.1. The largest absolute Gasteiger partial charge is 0.396 e. The second-order valence-corrected chi connectivity index (χ2v) is 10.9. The normalized spacial score (nSPS) is 21.1. The first-order chi connectivity index (χ1) is 15.7. The van der Waals surface area contributed by atoms with Crippen LogP contribution in [0.4, 0.5) is 0 Å². The number of piperidine rings is 1. The summed E-state index contributed by atoms with van der Waals surface area (Å²) >= 11 is 5.99. The molecule has 2 N–H and O–H groups in total. The molecule has 2 aliphatic rings. The van der Waals surface area contributed by atoms with E-state index in [4.69, 9.17) is 11.6 Å². The third kappa shape index (κ3) is 5.01. The van der Waals surface area contributed by atoms with Crippen LogP contribution in [-0.2, 0) is 19.6 Å². The summed E-state index contributed by atoms with van der Waals surface area (Å²) < 4.78 is 28.4. The Hall–Kier alpha value is -2.20. The molecule has 2 atom stereocenters. The average molecular weight is 494 g/mol. The minimum atomic E-state index is -3.93. The molecular weight excluding hydrogens is 466 g/mol. The van der Waals surface area contributed by atoms with Gasteiger partial charge in [0.15, 0.2) is 0 Å². The summed E-state index contributed by atoms with van der Waals surface area (Å²) in [6, 6.07) is 8.33. The maximum atomic E-state index is 13.0. The molecule has 2 heterocycles. The lowest BCUT2D eigenvalue weighted by Crippen LogP contribution is -2.52. The van der Waals surface area contributed by atoms with Crippen LogP contribution in [0.15, 0.2) is 41.3 Å². The van der Waals surface area contributed by atoms with Crippen LogP contribution in [0.25, 0.3) is 10.8 Å². The van der Waals surface area contributed by atoms with Crippen molar-refractivity contribution in [2.75, 3.05) is 26.2 Å². The van der Waals surface area contributed by atoms with Gasteiger partial charge in [0.05, 0.1) is 4.90 Å². The summed E-state index contributed by atoms with van der Waals surface area (Å²) in [6.07, 6.45) is 1.78. The fourth-order valence-corrected chi connectivity index (χ4v) is 5.99. The lowest BCUT2D eigenvalue weighted by molar-refractivity contribution is -0.144.